The lowest BCUT2D eigenvalue weighted by Gasteiger charge is -2.23. The minimum Gasteiger partial charge on any atom is -0.324 e. The highest BCUT2D eigenvalue weighted by Gasteiger charge is 2.44. The van der Waals surface area contributed by atoms with Gasteiger partial charge in [-0.05, 0) is 56.0 Å². The lowest BCUT2D eigenvalue weighted by atomic mass is 9.96. The van der Waals surface area contributed by atoms with Gasteiger partial charge < -0.3 is 11.1 Å². The molecule has 104 valence electrons. The molecule has 0 bridgehead atoms. The van der Waals surface area contributed by atoms with Gasteiger partial charge in [0.15, 0.2) is 0 Å². The Kier molecular flexibility index (Phi) is 3.06. The van der Waals surface area contributed by atoms with Crippen LogP contribution in [0.2, 0.25) is 0 Å². The van der Waals surface area contributed by atoms with Gasteiger partial charge in [-0.25, -0.2) is 4.68 Å². The van der Waals surface area contributed by atoms with E-state index in [2.05, 4.69) is 10.4 Å². The Morgan fingerprint density at radius 1 is 1.40 bits per heavy atom. The summed E-state index contributed by atoms with van der Waals surface area (Å²) in [6.45, 7) is 1.80. The number of hydrogen-bond donors (Lipinski definition) is 2. The Morgan fingerprint density at radius 3 is 2.65 bits per heavy atom. The van der Waals surface area contributed by atoms with E-state index >= 15 is 0 Å². The van der Waals surface area contributed by atoms with Gasteiger partial charge in [-0.2, -0.15) is 5.10 Å². The molecule has 1 amide bonds. The Morgan fingerprint density at radius 2 is 2.10 bits per heavy atom. The van der Waals surface area contributed by atoms with E-state index in [0.29, 0.717) is 5.92 Å². The lowest BCUT2D eigenvalue weighted by molar-refractivity contribution is -0.121. The van der Waals surface area contributed by atoms with Crippen LogP contribution in [0, 0.1) is 5.92 Å². The smallest absolute Gasteiger partial charge is 0.244 e. The van der Waals surface area contributed by atoms with Crippen LogP contribution in [0.15, 0.2) is 42.7 Å². The molecule has 20 heavy (non-hydrogen) atoms. The topological polar surface area (TPSA) is 72.9 Å². The summed E-state index contributed by atoms with van der Waals surface area (Å²) in [5.74, 6) is 0.192. The molecule has 1 aliphatic carbocycles. The van der Waals surface area contributed by atoms with Gasteiger partial charge in [0.05, 0.1) is 11.2 Å². The molecular weight excluding hydrogens is 252 g/mol. The molecule has 1 aromatic carbocycles. The van der Waals surface area contributed by atoms with Crippen molar-refractivity contribution in [2.24, 2.45) is 11.7 Å². The molecule has 0 spiro atoms. The first kappa shape index (κ1) is 12.9. The number of nitrogens with one attached hydrogen (secondary N) is 1. The lowest BCUT2D eigenvalue weighted by Crippen LogP contribution is -2.50. The number of aromatic nitrogens is 2. The van der Waals surface area contributed by atoms with Gasteiger partial charge in [-0.3, -0.25) is 4.79 Å². The quantitative estimate of drug-likeness (QED) is 0.891. The van der Waals surface area contributed by atoms with E-state index < -0.39 is 5.54 Å². The van der Waals surface area contributed by atoms with Crippen LogP contribution < -0.4 is 11.1 Å². The first-order valence-corrected chi connectivity index (χ1v) is 6.78. The molecule has 3 rings (SSSR count). The maximum absolute atomic E-state index is 12.2. The highest BCUT2D eigenvalue weighted by molar-refractivity contribution is 5.98. The third-order valence-electron chi connectivity index (χ3n) is 3.81. The van der Waals surface area contributed by atoms with Crippen molar-refractivity contribution in [3.63, 3.8) is 0 Å². The monoisotopic (exact) mass is 270 g/mol. The Hall–Kier alpha value is -2.14. The zero-order valence-corrected chi connectivity index (χ0v) is 11.4. The number of carbonyl (C=O) groups is 1. The highest BCUT2D eigenvalue weighted by Crippen LogP contribution is 2.38. The fourth-order valence-corrected chi connectivity index (χ4v) is 2.25. The largest absolute Gasteiger partial charge is 0.324 e. The Labute approximate surface area is 117 Å². The standard InChI is InChI=1S/C15H18N4O/c1-15(16,11-3-4-11)14(20)18-12-5-7-13(8-6-12)19-10-2-9-17-19/h2,5-11H,3-4,16H2,1H3,(H,18,20). The van der Waals surface area contributed by atoms with Crippen molar-refractivity contribution in [3.05, 3.63) is 42.7 Å². The van der Waals surface area contributed by atoms with Crippen LogP contribution in [0.3, 0.4) is 0 Å². The number of hydrogen-bond acceptors (Lipinski definition) is 3. The third-order valence-corrected chi connectivity index (χ3v) is 3.81. The van der Waals surface area contributed by atoms with Crippen LogP contribution in [0.5, 0.6) is 0 Å². The van der Waals surface area contributed by atoms with Gasteiger partial charge in [-0.1, -0.05) is 0 Å². The minimum absolute atomic E-state index is 0.119. The molecule has 1 unspecified atom stereocenters. The van der Waals surface area contributed by atoms with Gasteiger partial charge in [0.25, 0.3) is 0 Å². The zero-order chi connectivity index (χ0) is 14.2. The van der Waals surface area contributed by atoms with Crippen molar-refractivity contribution in [1.82, 2.24) is 9.78 Å². The molecule has 1 saturated carbocycles. The number of carbonyl (C=O) groups excluding carboxylic acids is 1. The first-order valence-electron chi connectivity index (χ1n) is 6.78. The van der Waals surface area contributed by atoms with E-state index in [1.807, 2.05) is 36.5 Å². The van der Waals surface area contributed by atoms with Crippen molar-refractivity contribution in [3.8, 4) is 5.69 Å². The van der Waals surface area contributed by atoms with Crippen molar-refractivity contribution in [2.75, 3.05) is 5.32 Å². The van der Waals surface area contributed by atoms with Gasteiger partial charge in [0.1, 0.15) is 0 Å². The predicted octanol–water partition coefficient (Wildman–Crippen LogP) is 1.94. The highest BCUT2D eigenvalue weighted by atomic mass is 16.2. The van der Waals surface area contributed by atoms with Crippen LogP contribution in [0.1, 0.15) is 19.8 Å². The first-order chi connectivity index (χ1) is 9.57. The molecule has 5 heteroatoms. The second kappa shape index (κ2) is 4.76. The Bertz CT molecular complexity index is 597. The van der Waals surface area contributed by atoms with E-state index in [1.165, 1.54) is 0 Å². The summed E-state index contributed by atoms with van der Waals surface area (Å²) in [5.41, 5.74) is 7.02. The molecule has 1 atom stereocenters. The zero-order valence-electron chi connectivity index (χ0n) is 11.4. The molecule has 0 aliphatic heterocycles. The number of nitrogens with zero attached hydrogens (tertiary/aromatic N) is 2. The summed E-state index contributed by atoms with van der Waals surface area (Å²) in [7, 11) is 0. The van der Waals surface area contributed by atoms with Gasteiger partial charge >= 0.3 is 0 Å². The predicted molar refractivity (Wildman–Crippen MR) is 77.5 cm³/mol. The van der Waals surface area contributed by atoms with E-state index in [9.17, 15) is 4.79 Å². The summed E-state index contributed by atoms with van der Waals surface area (Å²) < 4.78 is 1.77. The van der Waals surface area contributed by atoms with Crippen LogP contribution in [0.4, 0.5) is 5.69 Å². The van der Waals surface area contributed by atoms with Crippen molar-refractivity contribution in [2.45, 2.75) is 25.3 Å². The molecule has 1 fully saturated rings. The van der Waals surface area contributed by atoms with E-state index in [4.69, 9.17) is 5.73 Å². The van der Waals surface area contributed by atoms with Crippen molar-refractivity contribution in [1.29, 1.82) is 0 Å². The van der Waals surface area contributed by atoms with Crippen molar-refractivity contribution >= 4 is 11.6 Å². The third kappa shape index (κ3) is 2.44. The maximum atomic E-state index is 12.2. The average Bonchev–Trinajstić information content (AvgIpc) is 3.17. The number of amides is 1. The molecular formula is C15H18N4O. The van der Waals surface area contributed by atoms with E-state index in [1.54, 1.807) is 17.8 Å². The van der Waals surface area contributed by atoms with Crippen LogP contribution in [-0.4, -0.2) is 21.2 Å². The molecule has 3 N–H and O–H groups in total. The summed E-state index contributed by atoms with van der Waals surface area (Å²) in [5, 5.41) is 7.04. The minimum atomic E-state index is -0.777. The molecule has 2 aromatic rings. The molecule has 0 radical (unpaired) electrons. The molecule has 5 nitrogen and oxygen atoms in total. The summed E-state index contributed by atoms with van der Waals surface area (Å²) in [4.78, 5) is 12.2. The fraction of sp³-hybridized carbons (Fsp3) is 0.333. The maximum Gasteiger partial charge on any atom is 0.244 e. The number of anilines is 1. The van der Waals surface area contributed by atoms with Crippen LogP contribution >= 0.6 is 0 Å². The van der Waals surface area contributed by atoms with E-state index in [-0.39, 0.29) is 5.91 Å². The van der Waals surface area contributed by atoms with Crippen LogP contribution in [0.25, 0.3) is 5.69 Å². The normalized spacial score (nSPS) is 17.5. The van der Waals surface area contributed by atoms with Crippen LogP contribution in [-0.2, 0) is 4.79 Å². The Balaban J connectivity index is 1.71. The SMILES string of the molecule is CC(N)(C(=O)Nc1ccc(-n2cccn2)cc1)C1CC1. The molecule has 1 aromatic heterocycles. The number of nitrogens with two attached hydrogens (primary N) is 1. The average molecular weight is 270 g/mol. The van der Waals surface area contributed by atoms with E-state index in [0.717, 1.165) is 24.2 Å². The number of benzene rings is 1. The van der Waals surface area contributed by atoms with Gasteiger partial charge in [0, 0.05) is 18.1 Å². The molecule has 0 saturated heterocycles. The summed E-state index contributed by atoms with van der Waals surface area (Å²) in [6.07, 6.45) is 5.68. The van der Waals surface area contributed by atoms with Crippen molar-refractivity contribution < 1.29 is 4.79 Å². The molecule has 1 heterocycles. The second-order valence-electron chi connectivity index (χ2n) is 5.51. The number of rotatable bonds is 4. The second-order valence-corrected chi connectivity index (χ2v) is 5.51. The van der Waals surface area contributed by atoms with Gasteiger partial charge in [-0.15, -0.1) is 0 Å². The molecule has 1 aliphatic rings. The fourth-order valence-electron chi connectivity index (χ4n) is 2.25. The summed E-state index contributed by atoms with van der Waals surface area (Å²) in [6, 6.07) is 9.40. The van der Waals surface area contributed by atoms with Gasteiger partial charge in [0.2, 0.25) is 5.91 Å². The summed E-state index contributed by atoms with van der Waals surface area (Å²) >= 11 is 0.